The Morgan fingerprint density at radius 3 is 2.76 bits per heavy atom. The first-order chi connectivity index (χ1) is 10.1. The quantitative estimate of drug-likeness (QED) is 0.599. The topological polar surface area (TPSA) is 73.7 Å². The molecule has 0 aliphatic heterocycles. The summed E-state index contributed by atoms with van der Waals surface area (Å²) in [4.78, 5) is 11.7. The van der Waals surface area contributed by atoms with Crippen LogP contribution in [0, 0.1) is 6.92 Å². The zero-order chi connectivity index (χ0) is 15.2. The fourth-order valence-corrected chi connectivity index (χ4v) is 1.82. The van der Waals surface area contributed by atoms with Gasteiger partial charge in [0.1, 0.15) is 5.75 Å². The number of amides is 2. The number of rotatable bonds is 3. The third-order valence-electron chi connectivity index (χ3n) is 2.74. The van der Waals surface area contributed by atoms with E-state index in [1.807, 2.05) is 25.1 Å². The van der Waals surface area contributed by atoms with Crippen LogP contribution >= 0.6 is 11.6 Å². The zero-order valence-electron chi connectivity index (χ0n) is 11.3. The lowest BCUT2D eigenvalue weighted by Crippen LogP contribution is -2.24. The lowest BCUT2D eigenvalue weighted by Gasteiger charge is -2.06. The lowest BCUT2D eigenvalue weighted by atomic mass is 10.2. The second-order valence-electron chi connectivity index (χ2n) is 4.35. The van der Waals surface area contributed by atoms with E-state index in [2.05, 4.69) is 15.8 Å². The van der Waals surface area contributed by atoms with Gasteiger partial charge in [0, 0.05) is 5.69 Å². The number of nitrogens with one attached hydrogen (secondary N) is 2. The van der Waals surface area contributed by atoms with E-state index in [1.54, 1.807) is 18.2 Å². The number of halogens is 1. The third kappa shape index (κ3) is 4.22. The van der Waals surface area contributed by atoms with Crippen molar-refractivity contribution in [3.63, 3.8) is 0 Å². The van der Waals surface area contributed by atoms with E-state index in [1.165, 1.54) is 12.3 Å². The molecule has 0 heterocycles. The number of hydrazone groups is 1. The number of aryl methyl sites for hydroxylation is 1. The first kappa shape index (κ1) is 14.9. The molecular weight excluding hydrogens is 290 g/mol. The van der Waals surface area contributed by atoms with Crippen LogP contribution in [0.1, 0.15) is 11.1 Å². The second-order valence-corrected chi connectivity index (χ2v) is 4.76. The van der Waals surface area contributed by atoms with E-state index in [4.69, 9.17) is 11.6 Å². The zero-order valence-corrected chi connectivity index (χ0v) is 12.1. The van der Waals surface area contributed by atoms with Crippen molar-refractivity contribution in [2.75, 3.05) is 5.32 Å². The van der Waals surface area contributed by atoms with E-state index in [0.717, 1.165) is 11.3 Å². The van der Waals surface area contributed by atoms with Crippen LogP contribution in [0.5, 0.6) is 5.75 Å². The Morgan fingerprint density at radius 2 is 2.05 bits per heavy atom. The number of benzene rings is 2. The van der Waals surface area contributed by atoms with Gasteiger partial charge in [0.2, 0.25) is 0 Å². The van der Waals surface area contributed by atoms with Gasteiger partial charge in [0.05, 0.1) is 11.2 Å². The number of phenols is 1. The molecule has 0 aliphatic carbocycles. The predicted octanol–water partition coefficient (Wildman–Crippen LogP) is 3.51. The fraction of sp³-hybridized carbons (Fsp3) is 0.0667. The van der Waals surface area contributed by atoms with Gasteiger partial charge in [-0.15, -0.1) is 0 Å². The molecule has 0 saturated heterocycles. The van der Waals surface area contributed by atoms with Gasteiger partial charge in [0.15, 0.2) is 0 Å². The molecule has 0 aliphatic rings. The third-order valence-corrected chi connectivity index (χ3v) is 3.05. The Hall–Kier alpha value is -2.53. The van der Waals surface area contributed by atoms with E-state index in [0.29, 0.717) is 5.56 Å². The average Bonchev–Trinajstić information content (AvgIpc) is 2.45. The van der Waals surface area contributed by atoms with E-state index < -0.39 is 6.03 Å². The number of hydrogen-bond donors (Lipinski definition) is 3. The summed E-state index contributed by atoms with van der Waals surface area (Å²) in [6.45, 7) is 1.90. The van der Waals surface area contributed by atoms with Crippen LogP contribution in [0.4, 0.5) is 10.5 Å². The van der Waals surface area contributed by atoms with Crippen molar-refractivity contribution in [1.29, 1.82) is 0 Å². The van der Waals surface area contributed by atoms with Crippen molar-refractivity contribution in [3.05, 3.63) is 58.6 Å². The molecule has 2 aromatic carbocycles. The summed E-state index contributed by atoms with van der Waals surface area (Å²) in [6.07, 6.45) is 1.43. The van der Waals surface area contributed by atoms with Crippen molar-refractivity contribution in [2.24, 2.45) is 5.10 Å². The Kier molecular flexibility index (Phi) is 4.79. The molecule has 0 aromatic heterocycles. The molecule has 0 bridgehead atoms. The smallest absolute Gasteiger partial charge is 0.339 e. The minimum absolute atomic E-state index is 0.000860. The number of carbonyl (C=O) groups is 1. The van der Waals surface area contributed by atoms with Gasteiger partial charge in [-0.2, -0.15) is 5.10 Å². The molecule has 0 radical (unpaired) electrons. The maximum absolute atomic E-state index is 11.7. The number of nitrogens with zero attached hydrogens (tertiary/aromatic N) is 1. The van der Waals surface area contributed by atoms with Gasteiger partial charge in [-0.05, 0) is 42.3 Å². The molecule has 5 nitrogen and oxygen atoms in total. The van der Waals surface area contributed by atoms with Crippen molar-refractivity contribution >= 4 is 29.5 Å². The SMILES string of the molecule is Cc1ccccc1NC(=O)NN=Cc1ccc(O)c(Cl)c1. The van der Waals surface area contributed by atoms with Crippen LogP contribution in [0.2, 0.25) is 5.02 Å². The van der Waals surface area contributed by atoms with Gasteiger partial charge in [0.25, 0.3) is 0 Å². The molecule has 2 rings (SSSR count). The van der Waals surface area contributed by atoms with Crippen LogP contribution in [-0.4, -0.2) is 17.4 Å². The number of phenolic OH excluding ortho intramolecular Hbond substituents is 1. The molecule has 0 atom stereocenters. The molecule has 6 heteroatoms. The highest BCUT2D eigenvalue weighted by Gasteiger charge is 2.02. The van der Waals surface area contributed by atoms with Crippen LogP contribution in [-0.2, 0) is 0 Å². The van der Waals surface area contributed by atoms with Crippen molar-refractivity contribution < 1.29 is 9.90 Å². The van der Waals surface area contributed by atoms with E-state index in [9.17, 15) is 9.90 Å². The van der Waals surface area contributed by atoms with Crippen molar-refractivity contribution in [3.8, 4) is 5.75 Å². The molecule has 2 aromatic rings. The Labute approximate surface area is 127 Å². The predicted molar refractivity (Wildman–Crippen MR) is 84.0 cm³/mol. The number of hydrogen-bond acceptors (Lipinski definition) is 3. The maximum Gasteiger partial charge on any atom is 0.339 e. The summed E-state index contributed by atoms with van der Waals surface area (Å²) in [7, 11) is 0. The Balaban J connectivity index is 1.93. The molecule has 0 spiro atoms. The van der Waals surface area contributed by atoms with Gasteiger partial charge in [-0.1, -0.05) is 29.8 Å². The summed E-state index contributed by atoms with van der Waals surface area (Å²) in [5.74, 6) is -0.000860. The van der Waals surface area contributed by atoms with Gasteiger partial charge < -0.3 is 10.4 Å². The standard InChI is InChI=1S/C15H14ClN3O2/c1-10-4-2-3-5-13(10)18-15(21)19-17-9-11-6-7-14(20)12(16)8-11/h2-9,20H,1H3,(H2,18,19,21). The molecule has 0 saturated carbocycles. The summed E-state index contributed by atoms with van der Waals surface area (Å²) in [5, 5.41) is 16.0. The van der Waals surface area contributed by atoms with E-state index >= 15 is 0 Å². The number of carbonyl (C=O) groups excluding carboxylic acids is 1. The fourth-order valence-electron chi connectivity index (χ4n) is 1.63. The van der Waals surface area contributed by atoms with Gasteiger partial charge in [-0.3, -0.25) is 0 Å². The Bertz CT molecular complexity index is 686. The highest BCUT2D eigenvalue weighted by Crippen LogP contribution is 2.22. The number of urea groups is 1. The molecule has 3 N–H and O–H groups in total. The molecule has 21 heavy (non-hydrogen) atoms. The molecule has 108 valence electrons. The average molecular weight is 304 g/mol. The van der Waals surface area contributed by atoms with Crippen LogP contribution in [0.25, 0.3) is 0 Å². The highest BCUT2D eigenvalue weighted by atomic mass is 35.5. The molecular formula is C15H14ClN3O2. The minimum Gasteiger partial charge on any atom is -0.506 e. The monoisotopic (exact) mass is 303 g/mol. The normalized spacial score (nSPS) is 10.6. The van der Waals surface area contributed by atoms with Crippen LogP contribution in [0.15, 0.2) is 47.6 Å². The largest absolute Gasteiger partial charge is 0.506 e. The molecule has 0 unspecified atom stereocenters. The first-order valence-corrected chi connectivity index (χ1v) is 6.58. The number of anilines is 1. The maximum atomic E-state index is 11.7. The highest BCUT2D eigenvalue weighted by molar-refractivity contribution is 6.32. The van der Waals surface area contributed by atoms with Gasteiger partial charge in [-0.25, -0.2) is 10.2 Å². The summed E-state index contributed by atoms with van der Waals surface area (Å²) >= 11 is 5.77. The first-order valence-electron chi connectivity index (χ1n) is 6.20. The van der Waals surface area contributed by atoms with Crippen molar-refractivity contribution in [1.82, 2.24) is 5.43 Å². The number of aromatic hydroxyl groups is 1. The van der Waals surface area contributed by atoms with E-state index in [-0.39, 0.29) is 10.8 Å². The summed E-state index contributed by atoms with van der Waals surface area (Å²) < 4.78 is 0. The molecule has 0 fully saturated rings. The van der Waals surface area contributed by atoms with Crippen LogP contribution < -0.4 is 10.7 Å². The van der Waals surface area contributed by atoms with Gasteiger partial charge >= 0.3 is 6.03 Å². The van der Waals surface area contributed by atoms with Crippen LogP contribution in [0.3, 0.4) is 0 Å². The summed E-state index contributed by atoms with van der Waals surface area (Å²) in [5.41, 5.74) is 4.70. The molecule has 2 amide bonds. The second kappa shape index (κ2) is 6.76. The Morgan fingerprint density at radius 1 is 1.29 bits per heavy atom. The lowest BCUT2D eigenvalue weighted by molar-refractivity contribution is 0.252. The number of para-hydroxylation sites is 1. The minimum atomic E-state index is -0.439. The summed E-state index contributed by atoms with van der Waals surface area (Å²) in [6, 6.07) is 11.6. The van der Waals surface area contributed by atoms with Crippen molar-refractivity contribution in [2.45, 2.75) is 6.92 Å².